The van der Waals surface area contributed by atoms with E-state index in [4.69, 9.17) is 4.74 Å². The van der Waals surface area contributed by atoms with E-state index in [-0.39, 0.29) is 0 Å². The van der Waals surface area contributed by atoms with Gasteiger partial charge in [-0.3, -0.25) is 4.90 Å². The van der Waals surface area contributed by atoms with Crippen LogP contribution in [0.1, 0.15) is 24.2 Å². The molecule has 1 aliphatic rings. The number of nitrogens with zero attached hydrogens (tertiary/aromatic N) is 6. The van der Waals surface area contributed by atoms with Crippen molar-refractivity contribution in [3.8, 4) is 5.88 Å². The number of rotatable bonds is 7. The summed E-state index contributed by atoms with van der Waals surface area (Å²) in [4.78, 5) is 11.1. The van der Waals surface area contributed by atoms with E-state index >= 15 is 0 Å². The molecule has 1 saturated heterocycles. The molecular formula is C19H22N6OS. The maximum Gasteiger partial charge on any atom is 0.217 e. The van der Waals surface area contributed by atoms with E-state index in [0.29, 0.717) is 11.0 Å². The van der Waals surface area contributed by atoms with E-state index in [1.165, 1.54) is 30.2 Å². The molecule has 2 aromatic heterocycles. The van der Waals surface area contributed by atoms with Crippen molar-refractivity contribution >= 4 is 11.8 Å². The van der Waals surface area contributed by atoms with Crippen LogP contribution in [0.25, 0.3) is 0 Å². The Bertz CT molecular complexity index is 879. The van der Waals surface area contributed by atoms with Crippen LogP contribution in [-0.2, 0) is 13.1 Å². The minimum absolute atomic E-state index is 0.541. The van der Waals surface area contributed by atoms with Gasteiger partial charge in [0.05, 0.1) is 20.2 Å². The Labute approximate surface area is 162 Å². The van der Waals surface area contributed by atoms with Crippen molar-refractivity contribution in [2.24, 2.45) is 0 Å². The number of benzene rings is 1. The van der Waals surface area contributed by atoms with Gasteiger partial charge < -0.3 is 9.30 Å². The number of methoxy groups -OCH3 is 1. The summed E-state index contributed by atoms with van der Waals surface area (Å²) in [5.74, 6) is 1.52. The fourth-order valence-corrected chi connectivity index (χ4v) is 3.92. The van der Waals surface area contributed by atoms with E-state index in [9.17, 15) is 0 Å². The zero-order valence-corrected chi connectivity index (χ0v) is 16.1. The molecule has 0 bridgehead atoms. The number of hydrogen-bond acceptors (Lipinski definition) is 7. The second kappa shape index (κ2) is 8.49. The zero-order valence-electron chi connectivity index (χ0n) is 15.3. The molecule has 0 atom stereocenters. The Morgan fingerprint density at radius 3 is 2.63 bits per heavy atom. The van der Waals surface area contributed by atoms with Crippen molar-refractivity contribution < 1.29 is 4.74 Å². The number of aromatic nitrogens is 5. The maximum atomic E-state index is 5.20. The van der Waals surface area contributed by atoms with E-state index in [0.717, 1.165) is 37.2 Å². The molecule has 27 heavy (non-hydrogen) atoms. The lowest BCUT2D eigenvalue weighted by atomic mass is 10.2. The Hall–Kier alpha value is -2.45. The second-order valence-corrected chi connectivity index (χ2v) is 7.37. The van der Waals surface area contributed by atoms with Crippen LogP contribution in [0.15, 0.2) is 52.9 Å². The van der Waals surface area contributed by atoms with Crippen LogP contribution in [0.4, 0.5) is 0 Å². The normalized spacial score (nSPS) is 14.6. The quantitative estimate of drug-likeness (QED) is 0.582. The third kappa shape index (κ3) is 4.45. The van der Waals surface area contributed by atoms with E-state index < -0.39 is 0 Å². The molecule has 1 aromatic carbocycles. The molecule has 0 spiro atoms. The third-order valence-corrected chi connectivity index (χ3v) is 5.40. The Morgan fingerprint density at radius 2 is 1.85 bits per heavy atom. The zero-order chi connectivity index (χ0) is 18.5. The van der Waals surface area contributed by atoms with E-state index in [2.05, 4.69) is 53.9 Å². The summed E-state index contributed by atoms with van der Waals surface area (Å²) in [7, 11) is 1.60. The van der Waals surface area contributed by atoms with Crippen molar-refractivity contribution in [2.45, 2.75) is 36.2 Å². The van der Waals surface area contributed by atoms with Gasteiger partial charge in [-0.1, -0.05) is 30.3 Å². The summed E-state index contributed by atoms with van der Waals surface area (Å²) in [5.41, 5.74) is 1.22. The second-order valence-electron chi connectivity index (χ2n) is 6.44. The minimum atomic E-state index is 0.541. The van der Waals surface area contributed by atoms with Crippen molar-refractivity contribution in [2.75, 3.05) is 20.2 Å². The van der Waals surface area contributed by atoms with E-state index in [1.54, 1.807) is 19.4 Å². The lowest BCUT2D eigenvalue weighted by molar-refractivity contribution is 0.316. The Kier molecular flexibility index (Phi) is 5.64. The van der Waals surface area contributed by atoms with Crippen LogP contribution in [0.3, 0.4) is 0 Å². The molecule has 1 aliphatic heterocycles. The minimum Gasteiger partial charge on any atom is -0.481 e. The van der Waals surface area contributed by atoms with E-state index in [1.807, 2.05) is 6.07 Å². The van der Waals surface area contributed by atoms with Gasteiger partial charge >= 0.3 is 0 Å². The molecule has 3 aromatic rings. The van der Waals surface area contributed by atoms with Crippen molar-refractivity contribution in [3.63, 3.8) is 0 Å². The lowest BCUT2D eigenvalue weighted by Crippen LogP contribution is -2.21. The summed E-state index contributed by atoms with van der Waals surface area (Å²) in [5, 5.41) is 10.3. The summed E-state index contributed by atoms with van der Waals surface area (Å²) >= 11 is 1.41. The van der Waals surface area contributed by atoms with Gasteiger partial charge in [0.25, 0.3) is 0 Å². The van der Waals surface area contributed by atoms with Gasteiger partial charge in [0.1, 0.15) is 5.82 Å². The topological polar surface area (TPSA) is 69.0 Å². The first-order valence-corrected chi connectivity index (χ1v) is 9.87. The highest BCUT2D eigenvalue weighted by molar-refractivity contribution is 7.99. The highest BCUT2D eigenvalue weighted by Gasteiger charge is 2.19. The average molecular weight is 382 g/mol. The summed E-state index contributed by atoms with van der Waals surface area (Å²) < 4.78 is 7.37. The smallest absolute Gasteiger partial charge is 0.217 e. The van der Waals surface area contributed by atoms with Crippen molar-refractivity contribution in [1.82, 2.24) is 29.6 Å². The van der Waals surface area contributed by atoms with Gasteiger partial charge in [-0.15, -0.1) is 10.2 Å². The molecule has 8 heteroatoms. The van der Waals surface area contributed by atoms with Crippen LogP contribution in [-0.4, -0.2) is 49.8 Å². The standard InChI is InChI=1S/C19H22N6OS/c1-26-17-9-10-20-18(21-17)27-19-23-22-16(14-24-11-5-6-12-24)25(19)13-15-7-3-2-4-8-15/h2-4,7-10H,5-6,11-14H2,1H3. The van der Waals surface area contributed by atoms with Crippen LogP contribution in [0, 0.1) is 0 Å². The Morgan fingerprint density at radius 1 is 1.04 bits per heavy atom. The van der Waals surface area contributed by atoms with Crippen molar-refractivity contribution in [1.29, 1.82) is 0 Å². The maximum absolute atomic E-state index is 5.20. The fraction of sp³-hybridized carbons (Fsp3) is 0.368. The third-order valence-electron chi connectivity index (χ3n) is 4.54. The van der Waals surface area contributed by atoms with Gasteiger partial charge in [0.2, 0.25) is 5.88 Å². The van der Waals surface area contributed by atoms with Gasteiger partial charge in [0, 0.05) is 12.3 Å². The van der Waals surface area contributed by atoms with Gasteiger partial charge in [0.15, 0.2) is 10.3 Å². The SMILES string of the molecule is COc1ccnc(Sc2nnc(CN3CCCC3)n2Cc2ccccc2)n1. The summed E-state index contributed by atoms with van der Waals surface area (Å²) in [6, 6.07) is 12.1. The first-order chi connectivity index (χ1) is 13.3. The van der Waals surface area contributed by atoms with Crippen molar-refractivity contribution in [3.05, 3.63) is 54.0 Å². The molecule has 0 saturated carbocycles. The number of likely N-dealkylation sites (tertiary alicyclic amines) is 1. The fourth-order valence-electron chi connectivity index (χ4n) is 3.15. The van der Waals surface area contributed by atoms with Crippen LogP contribution >= 0.6 is 11.8 Å². The molecule has 1 fully saturated rings. The molecular weight excluding hydrogens is 360 g/mol. The molecule has 0 aliphatic carbocycles. The Balaban J connectivity index is 1.61. The summed E-state index contributed by atoms with van der Waals surface area (Å²) in [6.07, 6.45) is 4.20. The number of hydrogen-bond donors (Lipinski definition) is 0. The van der Waals surface area contributed by atoms with Gasteiger partial charge in [-0.25, -0.2) is 4.98 Å². The first-order valence-electron chi connectivity index (χ1n) is 9.05. The highest BCUT2D eigenvalue weighted by Crippen LogP contribution is 2.26. The van der Waals surface area contributed by atoms with Gasteiger partial charge in [-0.05, 0) is 43.3 Å². The monoisotopic (exact) mass is 382 g/mol. The predicted molar refractivity (Wildman–Crippen MR) is 103 cm³/mol. The van der Waals surface area contributed by atoms with Gasteiger partial charge in [-0.2, -0.15) is 4.98 Å². The molecule has 7 nitrogen and oxygen atoms in total. The molecule has 4 rings (SSSR count). The lowest BCUT2D eigenvalue weighted by Gasteiger charge is -2.16. The largest absolute Gasteiger partial charge is 0.481 e. The molecule has 0 N–H and O–H groups in total. The first kappa shape index (κ1) is 17.9. The van der Waals surface area contributed by atoms with Crippen LogP contribution in [0.5, 0.6) is 5.88 Å². The number of ether oxygens (including phenoxy) is 1. The molecule has 140 valence electrons. The van der Waals surface area contributed by atoms with Crippen LogP contribution < -0.4 is 4.74 Å². The van der Waals surface area contributed by atoms with Crippen LogP contribution in [0.2, 0.25) is 0 Å². The molecule has 0 unspecified atom stereocenters. The molecule has 0 radical (unpaired) electrons. The summed E-state index contributed by atoms with van der Waals surface area (Å²) in [6.45, 7) is 3.79. The predicted octanol–water partition coefficient (Wildman–Crippen LogP) is 2.87. The highest BCUT2D eigenvalue weighted by atomic mass is 32.2. The average Bonchev–Trinajstić information content (AvgIpc) is 3.35. The molecule has 3 heterocycles. The molecule has 0 amide bonds.